The van der Waals surface area contributed by atoms with Gasteiger partial charge in [-0.15, -0.1) is 0 Å². The molecule has 4 nitrogen and oxygen atoms in total. The maximum atomic E-state index is 11.9. The Morgan fingerprint density at radius 1 is 0.950 bits per heavy atom. The van der Waals surface area contributed by atoms with E-state index in [0.717, 1.165) is 10.0 Å². The molecule has 0 saturated carbocycles. The fourth-order valence-corrected chi connectivity index (χ4v) is 1.94. The van der Waals surface area contributed by atoms with E-state index in [0.29, 0.717) is 17.7 Å². The summed E-state index contributed by atoms with van der Waals surface area (Å²) >= 11 is 3.32. The van der Waals surface area contributed by atoms with Crippen LogP contribution in [0.3, 0.4) is 0 Å². The van der Waals surface area contributed by atoms with Crippen molar-refractivity contribution in [2.24, 2.45) is 5.73 Å². The first-order chi connectivity index (χ1) is 9.56. The summed E-state index contributed by atoms with van der Waals surface area (Å²) in [5.41, 5.74) is 7.12. The molecule has 2 rings (SSSR count). The first kappa shape index (κ1) is 14.3. The number of hydrogen-bond acceptors (Lipinski definition) is 2. The highest BCUT2D eigenvalue weighted by Crippen LogP contribution is 2.10. The number of nitrogens with one attached hydrogen (secondary N) is 1. The lowest BCUT2D eigenvalue weighted by Crippen LogP contribution is -2.22. The van der Waals surface area contributed by atoms with Crippen LogP contribution in [0.15, 0.2) is 53.0 Å². The SMILES string of the molecule is NC(=O)c1ccc(CNC(=O)c2ccc(Br)cc2)cc1. The van der Waals surface area contributed by atoms with Gasteiger partial charge in [0.1, 0.15) is 0 Å². The molecule has 0 aliphatic carbocycles. The van der Waals surface area contributed by atoms with Crippen molar-refractivity contribution in [1.82, 2.24) is 5.32 Å². The molecular weight excluding hydrogens is 320 g/mol. The van der Waals surface area contributed by atoms with Gasteiger partial charge in [0.15, 0.2) is 0 Å². The highest BCUT2D eigenvalue weighted by Gasteiger charge is 2.05. The van der Waals surface area contributed by atoms with Gasteiger partial charge >= 0.3 is 0 Å². The fourth-order valence-electron chi connectivity index (χ4n) is 1.67. The van der Waals surface area contributed by atoms with E-state index in [4.69, 9.17) is 5.73 Å². The highest BCUT2D eigenvalue weighted by atomic mass is 79.9. The third-order valence-corrected chi connectivity index (χ3v) is 3.33. The van der Waals surface area contributed by atoms with Crippen molar-refractivity contribution in [2.45, 2.75) is 6.54 Å². The maximum Gasteiger partial charge on any atom is 0.251 e. The molecule has 0 saturated heterocycles. The van der Waals surface area contributed by atoms with Gasteiger partial charge in [-0.05, 0) is 42.0 Å². The summed E-state index contributed by atoms with van der Waals surface area (Å²) in [6, 6.07) is 13.9. The minimum absolute atomic E-state index is 0.142. The van der Waals surface area contributed by atoms with E-state index in [1.165, 1.54) is 0 Å². The quantitative estimate of drug-likeness (QED) is 0.902. The molecule has 5 heteroatoms. The van der Waals surface area contributed by atoms with Gasteiger partial charge in [0.05, 0.1) is 0 Å². The Kier molecular flexibility index (Phi) is 4.53. The van der Waals surface area contributed by atoms with Crippen molar-refractivity contribution in [2.75, 3.05) is 0 Å². The minimum atomic E-state index is -0.463. The standard InChI is InChI=1S/C15H13BrN2O2/c16-13-7-5-12(6-8-13)15(20)18-9-10-1-3-11(4-2-10)14(17)19/h1-8H,9H2,(H2,17,19)(H,18,20). The van der Waals surface area contributed by atoms with E-state index >= 15 is 0 Å². The van der Waals surface area contributed by atoms with Crippen LogP contribution in [-0.2, 0) is 6.54 Å². The van der Waals surface area contributed by atoms with Gasteiger partial charge in [0.25, 0.3) is 5.91 Å². The molecule has 102 valence electrons. The second-order valence-corrected chi connectivity index (χ2v) is 5.17. The molecule has 0 spiro atoms. The molecule has 2 aromatic carbocycles. The highest BCUT2D eigenvalue weighted by molar-refractivity contribution is 9.10. The monoisotopic (exact) mass is 332 g/mol. The van der Waals surface area contributed by atoms with Crippen LogP contribution in [0.5, 0.6) is 0 Å². The largest absolute Gasteiger partial charge is 0.366 e. The number of nitrogens with two attached hydrogens (primary N) is 1. The zero-order chi connectivity index (χ0) is 14.5. The predicted octanol–water partition coefficient (Wildman–Crippen LogP) is 2.48. The minimum Gasteiger partial charge on any atom is -0.366 e. The first-order valence-corrected chi connectivity index (χ1v) is 6.78. The summed E-state index contributed by atoms with van der Waals surface area (Å²) in [6.45, 7) is 0.397. The van der Waals surface area contributed by atoms with Gasteiger partial charge < -0.3 is 11.1 Å². The molecular formula is C15H13BrN2O2. The van der Waals surface area contributed by atoms with Crippen molar-refractivity contribution in [3.63, 3.8) is 0 Å². The summed E-state index contributed by atoms with van der Waals surface area (Å²) < 4.78 is 0.927. The van der Waals surface area contributed by atoms with Gasteiger partial charge in [-0.2, -0.15) is 0 Å². The number of carbonyl (C=O) groups excluding carboxylic acids is 2. The molecule has 0 aliphatic heterocycles. The van der Waals surface area contributed by atoms with E-state index < -0.39 is 5.91 Å². The van der Waals surface area contributed by atoms with Crippen LogP contribution in [0.2, 0.25) is 0 Å². The van der Waals surface area contributed by atoms with Crippen molar-refractivity contribution in [3.8, 4) is 0 Å². The lowest BCUT2D eigenvalue weighted by Gasteiger charge is -2.06. The Morgan fingerprint density at radius 3 is 2.05 bits per heavy atom. The number of amides is 2. The number of carbonyl (C=O) groups is 2. The second-order valence-electron chi connectivity index (χ2n) is 4.25. The van der Waals surface area contributed by atoms with Crippen molar-refractivity contribution >= 4 is 27.7 Å². The molecule has 0 radical (unpaired) electrons. The Labute approximate surface area is 125 Å². The Hall–Kier alpha value is -2.14. The van der Waals surface area contributed by atoms with Crippen molar-refractivity contribution < 1.29 is 9.59 Å². The van der Waals surface area contributed by atoms with Gasteiger partial charge in [0, 0.05) is 22.1 Å². The molecule has 2 amide bonds. The topological polar surface area (TPSA) is 72.2 Å². The predicted molar refractivity (Wildman–Crippen MR) is 80.3 cm³/mol. The number of benzene rings is 2. The van der Waals surface area contributed by atoms with E-state index in [9.17, 15) is 9.59 Å². The molecule has 2 aromatic rings. The van der Waals surface area contributed by atoms with Crippen LogP contribution in [0, 0.1) is 0 Å². The Bertz CT molecular complexity index is 621. The third-order valence-electron chi connectivity index (χ3n) is 2.80. The van der Waals surface area contributed by atoms with Gasteiger partial charge in [-0.1, -0.05) is 28.1 Å². The lowest BCUT2D eigenvalue weighted by molar-refractivity contribution is 0.0949. The summed E-state index contributed by atoms with van der Waals surface area (Å²) in [5, 5.41) is 2.81. The maximum absolute atomic E-state index is 11.9. The van der Waals surface area contributed by atoms with Crippen molar-refractivity contribution in [1.29, 1.82) is 0 Å². The molecule has 0 bridgehead atoms. The second kappa shape index (κ2) is 6.34. The molecule has 0 unspecified atom stereocenters. The van der Waals surface area contributed by atoms with E-state index in [1.807, 2.05) is 12.1 Å². The van der Waals surface area contributed by atoms with Crippen LogP contribution in [0.4, 0.5) is 0 Å². The molecule has 20 heavy (non-hydrogen) atoms. The van der Waals surface area contributed by atoms with E-state index in [1.54, 1.807) is 36.4 Å². The van der Waals surface area contributed by atoms with Crippen LogP contribution >= 0.6 is 15.9 Å². The zero-order valence-electron chi connectivity index (χ0n) is 10.6. The Balaban J connectivity index is 1.96. The summed E-state index contributed by atoms with van der Waals surface area (Å²) in [5.74, 6) is -0.605. The molecule has 0 fully saturated rings. The number of halogens is 1. The molecule has 3 N–H and O–H groups in total. The van der Waals surface area contributed by atoms with Crippen LogP contribution in [-0.4, -0.2) is 11.8 Å². The summed E-state index contributed by atoms with van der Waals surface area (Å²) in [4.78, 5) is 22.8. The van der Waals surface area contributed by atoms with Crippen LogP contribution < -0.4 is 11.1 Å². The van der Waals surface area contributed by atoms with Gasteiger partial charge in [0.2, 0.25) is 5.91 Å². The first-order valence-electron chi connectivity index (χ1n) is 5.99. The van der Waals surface area contributed by atoms with E-state index in [2.05, 4.69) is 21.2 Å². The van der Waals surface area contributed by atoms with Crippen LogP contribution in [0.1, 0.15) is 26.3 Å². The summed E-state index contributed by atoms with van der Waals surface area (Å²) in [6.07, 6.45) is 0. The van der Waals surface area contributed by atoms with Crippen molar-refractivity contribution in [3.05, 3.63) is 69.7 Å². The average molecular weight is 333 g/mol. The van der Waals surface area contributed by atoms with E-state index in [-0.39, 0.29) is 5.91 Å². The number of hydrogen-bond donors (Lipinski definition) is 2. The normalized spacial score (nSPS) is 10.1. The molecule has 0 aliphatic rings. The summed E-state index contributed by atoms with van der Waals surface area (Å²) in [7, 11) is 0. The number of primary amides is 1. The van der Waals surface area contributed by atoms with Crippen LogP contribution in [0.25, 0.3) is 0 Å². The van der Waals surface area contributed by atoms with Gasteiger partial charge in [-0.3, -0.25) is 9.59 Å². The molecule has 0 aromatic heterocycles. The fraction of sp³-hybridized carbons (Fsp3) is 0.0667. The molecule has 0 atom stereocenters. The third kappa shape index (κ3) is 3.68. The lowest BCUT2D eigenvalue weighted by atomic mass is 10.1. The average Bonchev–Trinajstić information content (AvgIpc) is 2.46. The molecule has 0 heterocycles. The zero-order valence-corrected chi connectivity index (χ0v) is 12.2. The van der Waals surface area contributed by atoms with Gasteiger partial charge in [-0.25, -0.2) is 0 Å². The number of rotatable bonds is 4. The Morgan fingerprint density at radius 2 is 1.50 bits per heavy atom. The smallest absolute Gasteiger partial charge is 0.251 e.